The molecule has 4 aliphatic carbocycles. The summed E-state index contributed by atoms with van der Waals surface area (Å²) in [6.45, 7) is 13.4. The van der Waals surface area contributed by atoms with Crippen LogP contribution in [-0.2, 0) is 39.8 Å². The van der Waals surface area contributed by atoms with E-state index in [-0.39, 0.29) is 34.4 Å². The SMILES string of the molecule is C#CC1(O)CCC2C3CCC4=Cc5oncc5CC4(C)C3CCC21C.CCCCCC1C(=O)OC(C)C(NC(=O)c2cccc(NC=O)c2O)C(=O)OC(C)C1OC(=O)CC(C)C. The van der Waals surface area contributed by atoms with Crippen molar-refractivity contribution < 1.29 is 52.9 Å². The summed E-state index contributed by atoms with van der Waals surface area (Å²) >= 11 is 0. The molecular weight excluding hydrogens is 807 g/mol. The molecular formula is C49H65N3O11. The fourth-order valence-corrected chi connectivity index (χ4v) is 11.4. The van der Waals surface area contributed by atoms with Crippen LogP contribution in [0.2, 0.25) is 0 Å². The molecule has 5 aliphatic rings. The zero-order valence-electron chi connectivity index (χ0n) is 37.7. The van der Waals surface area contributed by atoms with Gasteiger partial charge in [0.2, 0.25) is 6.41 Å². The van der Waals surface area contributed by atoms with Crippen LogP contribution in [-0.4, -0.2) is 75.5 Å². The molecule has 11 unspecified atom stereocenters. The van der Waals surface area contributed by atoms with Crippen LogP contribution in [0.1, 0.15) is 141 Å². The van der Waals surface area contributed by atoms with E-state index in [1.165, 1.54) is 44.0 Å². The lowest BCUT2D eigenvalue weighted by atomic mass is 9.46. The lowest BCUT2D eigenvalue weighted by molar-refractivity contribution is -0.175. The topological polar surface area (TPSA) is 204 Å². The van der Waals surface area contributed by atoms with E-state index in [1.54, 1.807) is 5.57 Å². The molecule has 2 heterocycles. The largest absolute Gasteiger partial charge is 0.505 e. The molecule has 0 bridgehead atoms. The number of nitrogens with one attached hydrogen (secondary N) is 2. The molecule has 7 rings (SSSR count). The standard InChI is InChI=1S/C27H38N2O9.C22H27NO2/c1-6-7-8-10-19-24(38-21(31)13-15(2)3)17(5)37-27(35)22(16(4)36-26(19)34)29-25(33)18-11-9-12-20(23(18)32)28-14-30;1-4-22(24)10-8-18-16-6-5-15-11-19-14(13-23-25-19)12-20(15,2)17(16)7-9-21(18,22)3/h9,11-12,14-17,19,22,24,32H,6-8,10,13H2,1-5H3,(H,28,30)(H,29,33);1,11,13,16-18,24H,5-10,12H2,2-3H3. The number of terminal acetylenes is 1. The Kier molecular flexibility index (Phi) is 14.5. The first-order valence-corrected chi connectivity index (χ1v) is 22.7. The third kappa shape index (κ3) is 9.40. The number of carbonyl (C=O) groups excluding carboxylic acids is 5. The van der Waals surface area contributed by atoms with Crippen LogP contribution in [0, 0.1) is 52.8 Å². The number of unbranched alkanes of at least 4 members (excludes halogenated alkanes) is 2. The zero-order chi connectivity index (χ0) is 45.9. The predicted molar refractivity (Wildman–Crippen MR) is 233 cm³/mol. The minimum Gasteiger partial charge on any atom is -0.505 e. The monoisotopic (exact) mass is 871 g/mol. The van der Waals surface area contributed by atoms with Crippen molar-refractivity contribution in [3.05, 3.63) is 46.9 Å². The second kappa shape index (κ2) is 19.3. The molecule has 0 spiro atoms. The number of hydrogen-bond donors (Lipinski definition) is 4. The predicted octanol–water partition coefficient (Wildman–Crippen LogP) is 7.31. The highest BCUT2D eigenvalue weighted by Crippen LogP contribution is 2.67. The molecule has 63 heavy (non-hydrogen) atoms. The number of benzene rings is 1. The number of aromatic hydroxyl groups is 1. The molecule has 1 saturated heterocycles. The molecule has 0 radical (unpaired) electrons. The Morgan fingerprint density at radius 3 is 2.49 bits per heavy atom. The van der Waals surface area contributed by atoms with Crippen LogP contribution in [0.25, 0.3) is 6.08 Å². The van der Waals surface area contributed by atoms with E-state index >= 15 is 0 Å². The van der Waals surface area contributed by atoms with Crippen molar-refractivity contribution in [2.75, 3.05) is 5.32 Å². The van der Waals surface area contributed by atoms with Crippen LogP contribution in [0.5, 0.6) is 5.75 Å². The maximum atomic E-state index is 13.3. The van der Waals surface area contributed by atoms with Gasteiger partial charge in [0.15, 0.2) is 23.7 Å². The molecule has 3 saturated carbocycles. The second-order valence-electron chi connectivity index (χ2n) is 19.2. The Labute approximate surface area is 370 Å². The lowest BCUT2D eigenvalue weighted by Crippen LogP contribution is -2.54. The molecule has 2 amide bonds. The number of rotatable bonds is 11. The Bertz CT molecular complexity index is 2110. The number of cyclic esters (lactones) is 2. The number of phenolic OH excluding ortho intramolecular Hbond substituents is 1. The van der Waals surface area contributed by atoms with Gasteiger partial charge in [-0.2, -0.15) is 0 Å². The number of nitrogens with zero attached hydrogens (tertiary/aromatic N) is 1. The van der Waals surface area contributed by atoms with Gasteiger partial charge in [-0.05, 0) is 113 Å². The molecule has 4 fully saturated rings. The van der Waals surface area contributed by atoms with E-state index in [0.717, 1.165) is 57.1 Å². The van der Waals surface area contributed by atoms with Gasteiger partial charge in [0, 0.05) is 17.4 Å². The van der Waals surface area contributed by atoms with Gasteiger partial charge in [0.1, 0.15) is 17.8 Å². The van der Waals surface area contributed by atoms with Crippen molar-refractivity contribution in [1.82, 2.24) is 10.5 Å². The number of carbonyl (C=O) groups is 5. The van der Waals surface area contributed by atoms with Crippen LogP contribution < -0.4 is 10.6 Å². The summed E-state index contributed by atoms with van der Waals surface area (Å²) < 4.78 is 22.3. The van der Waals surface area contributed by atoms with E-state index in [4.69, 9.17) is 25.2 Å². The van der Waals surface area contributed by atoms with E-state index < -0.39 is 65.4 Å². The maximum absolute atomic E-state index is 13.3. The maximum Gasteiger partial charge on any atom is 0.332 e. The average molecular weight is 872 g/mol. The van der Waals surface area contributed by atoms with Crippen molar-refractivity contribution in [2.45, 2.75) is 155 Å². The minimum absolute atomic E-state index is 0.00114. The van der Waals surface area contributed by atoms with Gasteiger partial charge in [-0.3, -0.25) is 19.2 Å². The first kappa shape index (κ1) is 47.3. The van der Waals surface area contributed by atoms with Gasteiger partial charge >= 0.3 is 17.9 Å². The fraction of sp³-hybridized carbons (Fsp3) is 0.633. The summed E-state index contributed by atoms with van der Waals surface area (Å²) in [5.41, 5.74) is 1.77. The highest BCUT2D eigenvalue weighted by atomic mass is 16.6. The Morgan fingerprint density at radius 2 is 1.79 bits per heavy atom. The Morgan fingerprint density at radius 1 is 1.06 bits per heavy atom. The molecule has 1 aromatic heterocycles. The Hall–Kier alpha value is -5.16. The third-order valence-electron chi connectivity index (χ3n) is 14.9. The van der Waals surface area contributed by atoms with Crippen molar-refractivity contribution in [1.29, 1.82) is 0 Å². The highest BCUT2D eigenvalue weighted by molar-refractivity contribution is 6.01. The number of aliphatic hydroxyl groups is 1. The summed E-state index contributed by atoms with van der Waals surface area (Å²) in [4.78, 5) is 62.7. The molecule has 2 aromatic rings. The van der Waals surface area contributed by atoms with Crippen LogP contribution in [0.3, 0.4) is 0 Å². The van der Waals surface area contributed by atoms with Crippen LogP contribution in [0.4, 0.5) is 5.69 Å². The first-order valence-electron chi connectivity index (χ1n) is 22.7. The summed E-state index contributed by atoms with van der Waals surface area (Å²) in [5.74, 6) is 1.36. The molecule has 14 heteroatoms. The van der Waals surface area contributed by atoms with Crippen molar-refractivity contribution >= 4 is 42.0 Å². The van der Waals surface area contributed by atoms with Crippen molar-refractivity contribution in [3.63, 3.8) is 0 Å². The fourth-order valence-electron chi connectivity index (χ4n) is 11.4. The van der Waals surface area contributed by atoms with Crippen molar-refractivity contribution in [2.24, 2.45) is 40.4 Å². The summed E-state index contributed by atoms with van der Waals surface area (Å²) in [6, 6.07) is 2.71. The molecule has 342 valence electrons. The number of para-hydroxylation sites is 1. The summed E-state index contributed by atoms with van der Waals surface area (Å²) in [7, 11) is 0. The minimum atomic E-state index is -1.42. The third-order valence-corrected chi connectivity index (χ3v) is 14.9. The lowest BCUT2D eigenvalue weighted by Gasteiger charge is -2.58. The molecule has 11 atom stereocenters. The second-order valence-corrected chi connectivity index (χ2v) is 19.2. The molecule has 1 aliphatic heterocycles. The van der Waals surface area contributed by atoms with E-state index in [2.05, 4.69) is 41.6 Å². The Balaban J connectivity index is 0.000000226. The number of anilines is 1. The van der Waals surface area contributed by atoms with Gasteiger partial charge < -0.3 is 39.6 Å². The molecule has 4 N–H and O–H groups in total. The van der Waals surface area contributed by atoms with Gasteiger partial charge in [0.25, 0.3) is 5.91 Å². The quantitative estimate of drug-likeness (QED) is 0.0439. The molecule has 14 nitrogen and oxygen atoms in total. The van der Waals surface area contributed by atoms with Gasteiger partial charge in [0.05, 0.1) is 23.4 Å². The van der Waals surface area contributed by atoms with Crippen molar-refractivity contribution in [3.8, 4) is 18.1 Å². The number of amides is 2. The van der Waals surface area contributed by atoms with E-state index in [1.807, 2.05) is 27.0 Å². The highest BCUT2D eigenvalue weighted by Gasteiger charge is 2.63. The van der Waals surface area contributed by atoms with Gasteiger partial charge in [-0.25, -0.2) is 4.79 Å². The summed E-state index contributed by atoms with van der Waals surface area (Å²) in [6.07, 6.45) is 17.5. The van der Waals surface area contributed by atoms with Crippen LogP contribution in [0.15, 0.2) is 34.5 Å². The number of allylic oxidation sites excluding steroid dienone is 1. The first-order chi connectivity index (χ1) is 29.9. The average Bonchev–Trinajstić information content (AvgIpc) is 3.80. The van der Waals surface area contributed by atoms with E-state index in [9.17, 15) is 34.2 Å². The number of ether oxygens (including phenoxy) is 3. The molecule has 1 aromatic carbocycles. The smallest absolute Gasteiger partial charge is 0.332 e. The van der Waals surface area contributed by atoms with Crippen LogP contribution >= 0.6 is 0 Å². The van der Waals surface area contributed by atoms with E-state index in [0.29, 0.717) is 37.0 Å². The number of aromatic nitrogens is 1. The number of esters is 3. The summed E-state index contributed by atoms with van der Waals surface area (Å²) in [5, 5.41) is 30.2. The number of hydrogen-bond acceptors (Lipinski definition) is 12. The van der Waals surface area contributed by atoms with Gasteiger partial charge in [-0.1, -0.05) is 76.6 Å². The zero-order valence-corrected chi connectivity index (χ0v) is 37.7. The van der Waals surface area contributed by atoms with Gasteiger partial charge in [-0.15, -0.1) is 6.42 Å². The number of phenols is 1. The normalized spacial score (nSPS) is 33.3. The number of fused-ring (bicyclic) bond motifs is 6.